The average Bonchev–Trinajstić information content (AvgIpc) is 3.34. The molecule has 0 unspecified atom stereocenters. The van der Waals surface area contributed by atoms with Crippen LogP contribution in [0.5, 0.6) is 5.75 Å². The van der Waals surface area contributed by atoms with Gasteiger partial charge in [0.2, 0.25) is 11.7 Å². The number of fused-ring (bicyclic) bond motifs is 1. The summed E-state index contributed by atoms with van der Waals surface area (Å²) in [4.78, 5) is 22.7. The van der Waals surface area contributed by atoms with E-state index >= 15 is 0 Å². The maximum absolute atomic E-state index is 13.4. The van der Waals surface area contributed by atoms with Gasteiger partial charge in [-0.1, -0.05) is 75.3 Å². The third kappa shape index (κ3) is 4.62. The van der Waals surface area contributed by atoms with Crippen LogP contribution in [0.3, 0.4) is 0 Å². The van der Waals surface area contributed by atoms with Crippen LogP contribution in [0.15, 0.2) is 91.7 Å². The summed E-state index contributed by atoms with van der Waals surface area (Å²) in [5.41, 5.74) is 2.28. The highest BCUT2D eigenvalue weighted by atomic mass is 79.9. The second-order valence-electron chi connectivity index (χ2n) is 7.43. The average molecular weight is 535 g/mol. The molecular weight excluding hydrogens is 516 g/mol. The third-order valence-corrected chi connectivity index (χ3v) is 6.68. The molecule has 0 aliphatic carbocycles. The van der Waals surface area contributed by atoms with Crippen molar-refractivity contribution in [3.63, 3.8) is 0 Å². The zero-order valence-electron chi connectivity index (χ0n) is 18.1. The lowest BCUT2D eigenvalue weighted by atomic mass is 10.2. The van der Waals surface area contributed by atoms with E-state index in [4.69, 9.17) is 14.2 Å². The van der Waals surface area contributed by atoms with E-state index in [-0.39, 0.29) is 5.56 Å². The van der Waals surface area contributed by atoms with Crippen molar-refractivity contribution in [1.82, 2.24) is 19.7 Å². The highest BCUT2D eigenvalue weighted by Crippen LogP contribution is 2.26. The fourth-order valence-corrected chi connectivity index (χ4v) is 4.82. The molecule has 34 heavy (non-hydrogen) atoms. The van der Waals surface area contributed by atoms with Gasteiger partial charge in [0.15, 0.2) is 5.16 Å². The molecule has 0 saturated carbocycles. The minimum Gasteiger partial charge on any atom is -0.496 e. The SMILES string of the molecule is COc1ccccc1Cn1c(SCc2nc(-c3cccc(Br)c3)no2)nc2ccccc2c1=O. The number of hydrogen-bond acceptors (Lipinski definition) is 7. The smallest absolute Gasteiger partial charge is 0.262 e. The number of halogens is 1. The highest BCUT2D eigenvalue weighted by molar-refractivity contribution is 9.10. The van der Waals surface area contributed by atoms with Crippen molar-refractivity contribution >= 4 is 38.6 Å². The maximum Gasteiger partial charge on any atom is 0.262 e. The van der Waals surface area contributed by atoms with Crippen LogP contribution in [0.25, 0.3) is 22.3 Å². The predicted molar refractivity (Wildman–Crippen MR) is 135 cm³/mol. The van der Waals surface area contributed by atoms with Crippen LogP contribution in [0, 0.1) is 0 Å². The van der Waals surface area contributed by atoms with Gasteiger partial charge in [0.25, 0.3) is 5.56 Å². The fraction of sp³-hybridized carbons (Fsp3) is 0.120. The molecule has 5 aromatic rings. The van der Waals surface area contributed by atoms with E-state index in [9.17, 15) is 4.79 Å². The van der Waals surface area contributed by atoms with E-state index in [1.54, 1.807) is 17.7 Å². The molecule has 7 nitrogen and oxygen atoms in total. The summed E-state index contributed by atoms with van der Waals surface area (Å²) in [7, 11) is 1.62. The molecule has 0 N–H and O–H groups in total. The summed E-state index contributed by atoms with van der Waals surface area (Å²) in [6.45, 7) is 0.330. The van der Waals surface area contributed by atoms with Crippen molar-refractivity contribution in [2.75, 3.05) is 7.11 Å². The topological polar surface area (TPSA) is 83.0 Å². The summed E-state index contributed by atoms with van der Waals surface area (Å²) < 4.78 is 13.5. The van der Waals surface area contributed by atoms with Gasteiger partial charge in [-0.3, -0.25) is 9.36 Å². The summed E-state index contributed by atoms with van der Waals surface area (Å²) in [6, 6.07) is 22.7. The van der Waals surface area contributed by atoms with Gasteiger partial charge < -0.3 is 9.26 Å². The first-order valence-corrected chi connectivity index (χ1v) is 12.2. The van der Waals surface area contributed by atoms with Gasteiger partial charge in [-0.05, 0) is 30.3 Å². The standard InChI is InChI=1S/C25H19BrN4O3S/c1-32-21-12-5-2-7-17(21)14-30-24(31)19-10-3-4-11-20(19)27-25(30)34-15-22-28-23(29-33-22)16-8-6-9-18(26)13-16/h2-13H,14-15H2,1H3. The van der Waals surface area contributed by atoms with Crippen molar-refractivity contribution in [2.24, 2.45) is 0 Å². The molecule has 5 rings (SSSR count). The zero-order chi connectivity index (χ0) is 23.5. The number of methoxy groups -OCH3 is 1. The molecule has 0 fully saturated rings. The van der Waals surface area contributed by atoms with E-state index in [0.717, 1.165) is 15.6 Å². The van der Waals surface area contributed by atoms with Crippen LogP contribution in [0.4, 0.5) is 0 Å². The van der Waals surface area contributed by atoms with Crippen molar-refractivity contribution in [1.29, 1.82) is 0 Å². The van der Waals surface area contributed by atoms with E-state index in [2.05, 4.69) is 26.1 Å². The summed E-state index contributed by atoms with van der Waals surface area (Å²) >= 11 is 4.84. The van der Waals surface area contributed by atoms with Crippen LogP contribution < -0.4 is 10.3 Å². The fourth-order valence-electron chi connectivity index (χ4n) is 3.59. The van der Waals surface area contributed by atoms with Crippen LogP contribution >= 0.6 is 27.7 Å². The normalized spacial score (nSPS) is 11.1. The lowest BCUT2D eigenvalue weighted by molar-refractivity contribution is 0.391. The van der Waals surface area contributed by atoms with Crippen LogP contribution in [0.2, 0.25) is 0 Å². The number of para-hydroxylation sites is 2. The number of benzene rings is 3. The second kappa shape index (κ2) is 9.82. The molecule has 0 bridgehead atoms. The Bertz CT molecular complexity index is 1530. The Kier molecular flexibility index (Phi) is 6.46. The molecule has 0 radical (unpaired) electrons. The van der Waals surface area contributed by atoms with E-state index in [1.165, 1.54) is 11.8 Å². The number of ether oxygens (including phenoxy) is 1. The molecule has 0 spiro atoms. The maximum atomic E-state index is 13.4. The molecule has 170 valence electrons. The summed E-state index contributed by atoms with van der Waals surface area (Å²) in [5, 5.41) is 5.23. The van der Waals surface area contributed by atoms with E-state index in [0.29, 0.717) is 45.8 Å². The van der Waals surface area contributed by atoms with Crippen molar-refractivity contribution < 1.29 is 9.26 Å². The Hall–Kier alpha value is -3.43. The van der Waals surface area contributed by atoms with E-state index < -0.39 is 0 Å². The first-order chi connectivity index (χ1) is 16.6. The molecule has 0 atom stereocenters. The Morgan fingerprint density at radius 1 is 1.03 bits per heavy atom. The lowest BCUT2D eigenvalue weighted by Crippen LogP contribution is -2.24. The minimum absolute atomic E-state index is 0.112. The zero-order valence-corrected chi connectivity index (χ0v) is 20.5. The Morgan fingerprint density at radius 2 is 1.85 bits per heavy atom. The predicted octanol–water partition coefficient (Wildman–Crippen LogP) is 5.56. The largest absolute Gasteiger partial charge is 0.496 e. The van der Waals surface area contributed by atoms with Gasteiger partial charge in [-0.2, -0.15) is 4.98 Å². The Morgan fingerprint density at radius 3 is 2.71 bits per heavy atom. The monoisotopic (exact) mass is 534 g/mol. The van der Waals surface area contributed by atoms with Gasteiger partial charge in [-0.15, -0.1) is 0 Å². The van der Waals surface area contributed by atoms with Gasteiger partial charge in [0.05, 0.1) is 30.3 Å². The molecule has 0 amide bonds. The second-order valence-corrected chi connectivity index (χ2v) is 9.28. The van der Waals surface area contributed by atoms with Crippen LogP contribution in [-0.4, -0.2) is 26.8 Å². The van der Waals surface area contributed by atoms with Gasteiger partial charge in [0, 0.05) is 15.6 Å². The molecule has 2 aromatic heterocycles. The van der Waals surface area contributed by atoms with Crippen LogP contribution in [-0.2, 0) is 12.3 Å². The van der Waals surface area contributed by atoms with Gasteiger partial charge in [0.1, 0.15) is 5.75 Å². The molecular formula is C25H19BrN4O3S. The summed E-state index contributed by atoms with van der Waals surface area (Å²) in [5.74, 6) is 2.05. The molecule has 9 heteroatoms. The van der Waals surface area contributed by atoms with Crippen LogP contribution in [0.1, 0.15) is 11.5 Å². The lowest BCUT2D eigenvalue weighted by Gasteiger charge is -2.14. The molecule has 0 aliphatic heterocycles. The number of aromatic nitrogens is 4. The third-order valence-electron chi connectivity index (χ3n) is 5.22. The Labute approximate surface area is 207 Å². The molecule has 0 saturated heterocycles. The minimum atomic E-state index is -0.112. The van der Waals surface area contributed by atoms with E-state index in [1.807, 2.05) is 66.7 Å². The van der Waals surface area contributed by atoms with Crippen molar-refractivity contribution in [3.05, 3.63) is 99.1 Å². The van der Waals surface area contributed by atoms with Crippen molar-refractivity contribution in [2.45, 2.75) is 17.5 Å². The highest BCUT2D eigenvalue weighted by Gasteiger charge is 2.16. The quantitative estimate of drug-likeness (QED) is 0.199. The molecule has 0 aliphatic rings. The number of nitrogens with zero attached hydrogens (tertiary/aromatic N) is 4. The number of thioether (sulfide) groups is 1. The molecule has 2 heterocycles. The van der Waals surface area contributed by atoms with Gasteiger partial charge >= 0.3 is 0 Å². The molecule has 3 aromatic carbocycles. The Balaban J connectivity index is 1.48. The number of hydrogen-bond donors (Lipinski definition) is 0. The van der Waals surface area contributed by atoms with Gasteiger partial charge in [-0.25, -0.2) is 4.98 Å². The summed E-state index contributed by atoms with van der Waals surface area (Å²) in [6.07, 6.45) is 0. The first kappa shape index (κ1) is 22.4. The van der Waals surface area contributed by atoms with Crippen molar-refractivity contribution in [3.8, 4) is 17.1 Å². The first-order valence-electron chi connectivity index (χ1n) is 10.4. The number of rotatable bonds is 7.